The van der Waals surface area contributed by atoms with Gasteiger partial charge in [0.05, 0.1) is 16.3 Å². The third-order valence-electron chi connectivity index (χ3n) is 8.15. The standard InChI is InChI=1S/C34H23Cl2N3OS2/c35-23-13-11-21(27(36)17-23)18-38-19-22(24-7-3-4-9-28(24)38)16-30-33(40)39-32(29-10-5-15-41-29)26-14-12-20-6-1-2-8-25(20)31(26)37-34(39)42-30/h1-11,13,15-17,19,32H,12,14,18H2/b30-16-/t32-/m0/s1. The molecule has 3 aromatic carbocycles. The fourth-order valence-electron chi connectivity index (χ4n) is 6.21. The van der Waals surface area contributed by atoms with E-state index in [0.29, 0.717) is 21.1 Å². The Balaban J connectivity index is 1.30. The van der Waals surface area contributed by atoms with Crippen molar-refractivity contribution in [1.82, 2.24) is 9.13 Å². The Bertz CT molecular complexity index is 2240. The van der Waals surface area contributed by atoms with Gasteiger partial charge in [-0.2, -0.15) is 0 Å². The second-order valence-electron chi connectivity index (χ2n) is 10.6. The molecule has 3 aromatic heterocycles. The van der Waals surface area contributed by atoms with Gasteiger partial charge in [-0.25, -0.2) is 4.99 Å². The molecular formula is C34H23Cl2N3OS2. The first-order valence-electron chi connectivity index (χ1n) is 13.7. The lowest BCUT2D eigenvalue weighted by Gasteiger charge is -2.30. The monoisotopic (exact) mass is 623 g/mol. The number of aryl methyl sites for hydroxylation is 1. The Morgan fingerprint density at radius 1 is 0.976 bits per heavy atom. The van der Waals surface area contributed by atoms with Crippen molar-refractivity contribution in [2.75, 3.05) is 0 Å². The second kappa shape index (κ2) is 10.2. The van der Waals surface area contributed by atoms with Crippen molar-refractivity contribution >= 4 is 68.6 Å². The van der Waals surface area contributed by atoms with Crippen molar-refractivity contribution in [3.63, 3.8) is 0 Å². The molecule has 0 amide bonds. The highest BCUT2D eigenvalue weighted by Crippen LogP contribution is 2.42. The van der Waals surface area contributed by atoms with E-state index in [2.05, 4.69) is 64.7 Å². The molecule has 1 aliphatic heterocycles. The van der Waals surface area contributed by atoms with Crippen molar-refractivity contribution in [2.24, 2.45) is 4.99 Å². The summed E-state index contributed by atoms with van der Waals surface area (Å²) in [5, 5.41) is 4.41. The van der Waals surface area contributed by atoms with Gasteiger partial charge in [0.2, 0.25) is 0 Å². The molecule has 0 saturated heterocycles. The maximum atomic E-state index is 14.2. The molecule has 0 radical (unpaired) electrons. The quantitative estimate of drug-likeness (QED) is 0.198. The van der Waals surface area contributed by atoms with Crippen LogP contribution in [0.1, 0.15) is 39.6 Å². The molecule has 8 rings (SSSR count). The van der Waals surface area contributed by atoms with Crippen LogP contribution in [0.4, 0.5) is 0 Å². The number of para-hydroxylation sites is 1. The zero-order chi connectivity index (χ0) is 28.4. The molecular weight excluding hydrogens is 601 g/mol. The highest BCUT2D eigenvalue weighted by atomic mass is 35.5. The highest BCUT2D eigenvalue weighted by Gasteiger charge is 2.33. The van der Waals surface area contributed by atoms with E-state index in [0.717, 1.165) is 45.4 Å². The lowest BCUT2D eigenvalue weighted by atomic mass is 9.85. The normalized spacial score (nSPS) is 16.3. The maximum Gasteiger partial charge on any atom is 0.271 e. The number of hydrogen-bond donors (Lipinski definition) is 0. The predicted molar refractivity (Wildman–Crippen MR) is 175 cm³/mol. The SMILES string of the molecule is O=c1/c(=C/c2cn(Cc3ccc(Cl)cc3Cl)c3ccccc23)sc2n1[C@H](c1cccs1)C1=C(N=2)c2ccccc2CC1. The van der Waals surface area contributed by atoms with E-state index in [1.807, 2.05) is 34.9 Å². The average Bonchev–Trinajstić information content (AvgIpc) is 3.73. The molecule has 2 aliphatic rings. The summed E-state index contributed by atoms with van der Waals surface area (Å²) in [6, 6.07) is 26.4. The summed E-state index contributed by atoms with van der Waals surface area (Å²) >= 11 is 15.8. The Hall–Kier alpha value is -3.68. The molecule has 206 valence electrons. The van der Waals surface area contributed by atoms with Crippen LogP contribution in [0.15, 0.2) is 106 Å². The molecule has 0 saturated carbocycles. The van der Waals surface area contributed by atoms with Crippen LogP contribution in [0, 0.1) is 0 Å². The van der Waals surface area contributed by atoms with Gasteiger partial charge >= 0.3 is 0 Å². The number of halogens is 2. The molecule has 0 fully saturated rings. The first-order chi connectivity index (χ1) is 20.5. The van der Waals surface area contributed by atoms with Gasteiger partial charge in [0.1, 0.15) is 0 Å². The molecule has 0 spiro atoms. The van der Waals surface area contributed by atoms with Gasteiger partial charge in [-0.05, 0) is 65.3 Å². The molecule has 4 heterocycles. The summed E-state index contributed by atoms with van der Waals surface area (Å²) < 4.78 is 4.77. The van der Waals surface area contributed by atoms with Crippen LogP contribution in [-0.4, -0.2) is 9.13 Å². The van der Waals surface area contributed by atoms with Gasteiger partial charge in [0.25, 0.3) is 5.56 Å². The highest BCUT2D eigenvalue weighted by molar-refractivity contribution is 7.10. The van der Waals surface area contributed by atoms with Crippen molar-refractivity contribution in [2.45, 2.75) is 25.4 Å². The number of nitrogens with zero attached hydrogens (tertiary/aromatic N) is 3. The van der Waals surface area contributed by atoms with Crippen LogP contribution in [-0.2, 0) is 13.0 Å². The topological polar surface area (TPSA) is 39.3 Å². The van der Waals surface area contributed by atoms with E-state index in [-0.39, 0.29) is 11.6 Å². The molecule has 0 unspecified atom stereocenters. The Morgan fingerprint density at radius 3 is 2.69 bits per heavy atom. The van der Waals surface area contributed by atoms with E-state index in [1.54, 1.807) is 17.4 Å². The van der Waals surface area contributed by atoms with Gasteiger partial charge in [0.15, 0.2) is 4.80 Å². The molecule has 6 aromatic rings. The molecule has 0 bridgehead atoms. The van der Waals surface area contributed by atoms with Crippen LogP contribution < -0.4 is 14.9 Å². The summed E-state index contributed by atoms with van der Waals surface area (Å²) in [7, 11) is 0. The fraction of sp³-hybridized carbons (Fsp3) is 0.118. The van der Waals surface area contributed by atoms with Gasteiger partial charge in [-0.1, -0.05) is 89.1 Å². The number of allylic oxidation sites excluding steroid dienone is 1. The molecule has 0 N–H and O–H groups in total. The van der Waals surface area contributed by atoms with Gasteiger partial charge in [-0.3, -0.25) is 9.36 Å². The van der Waals surface area contributed by atoms with Crippen molar-refractivity contribution in [1.29, 1.82) is 0 Å². The fourth-order valence-corrected chi connectivity index (χ4v) is 8.52. The minimum absolute atomic E-state index is 0.000125. The lowest BCUT2D eigenvalue weighted by molar-refractivity contribution is 0.593. The van der Waals surface area contributed by atoms with E-state index >= 15 is 0 Å². The Labute approximate surface area is 259 Å². The molecule has 1 aliphatic carbocycles. The number of hydrogen-bond acceptors (Lipinski definition) is 4. The second-order valence-corrected chi connectivity index (χ2v) is 13.4. The number of benzene rings is 3. The van der Waals surface area contributed by atoms with Crippen molar-refractivity contribution in [3.8, 4) is 0 Å². The summed E-state index contributed by atoms with van der Waals surface area (Å²) in [5.74, 6) is 0. The maximum absolute atomic E-state index is 14.2. The third-order valence-corrected chi connectivity index (χ3v) is 10.6. The summed E-state index contributed by atoms with van der Waals surface area (Å²) in [4.78, 5) is 21.2. The van der Waals surface area contributed by atoms with E-state index in [1.165, 1.54) is 32.9 Å². The van der Waals surface area contributed by atoms with E-state index < -0.39 is 0 Å². The van der Waals surface area contributed by atoms with Gasteiger partial charge < -0.3 is 4.57 Å². The number of rotatable bonds is 4. The molecule has 42 heavy (non-hydrogen) atoms. The summed E-state index contributed by atoms with van der Waals surface area (Å²) in [6.45, 7) is 0.593. The third kappa shape index (κ3) is 4.24. The minimum atomic E-state index is -0.139. The van der Waals surface area contributed by atoms with Gasteiger partial charge in [-0.15, -0.1) is 11.3 Å². The average molecular weight is 625 g/mol. The Morgan fingerprint density at radius 2 is 1.83 bits per heavy atom. The van der Waals surface area contributed by atoms with Crippen LogP contribution in [0.5, 0.6) is 0 Å². The van der Waals surface area contributed by atoms with E-state index in [9.17, 15) is 4.79 Å². The molecule has 1 atom stereocenters. The number of fused-ring (bicyclic) bond motifs is 4. The lowest BCUT2D eigenvalue weighted by Crippen LogP contribution is -2.38. The van der Waals surface area contributed by atoms with E-state index in [4.69, 9.17) is 28.2 Å². The number of thiophene rings is 1. The van der Waals surface area contributed by atoms with Crippen LogP contribution in [0.2, 0.25) is 10.0 Å². The molecule has 8 heteroatoms. The largest absolute Gasteiger partial charge is 0.342 e. The number of thiazole rings is 1. The van der Waals surface area contributed by atoms with Crippen molar-refractivity contribution < 1.29 is 0 Å². The zero-order valence-corrected chi connectivity index (χ0v) is 25.4. The van der Waals surface area contributed by atoms with Crippen LogP contribution in [0.3, 0.4) is 0 Å². The van der Waals surface area contributed by atoms with Gasteiger partial charge in [0, 0.05) is 49.7 Å². The predicted octanol–water partition coefficient (Wildman–Crippen LogP) is 7.69. The van der Waals surface area contributed by atoms with Crippen molar-refractivity contribution in [3.05, 3.63) is 153 Å². The van der Waals surface area contributed by atoms with Crippen LogP contribution >= 0.6 is 45.9 Å². The summed E-state index contributed by atoms with van der Waals surface area (Å²) in [5.41, 5.74) is 7.80. The molecule has 4 nitrogen and oxygen atoms in total. The summed E-state index contributed by atoms with van der Waals surface area (Å²) in [6.07, 6.45) is 5.97. The first-order valence-corrected chi connectivity index (χ1v) is 16.2. The number of aromatic nitrogens is 2. The smallest absolute Gasteiger partial charge is 0.271 e. The Kier molecular flexibility index (Phi) is 6.34. The minimum Gasteiger partial charge on any atom is -0.342 e. The zero-order valence-electron chi connectivity index (χ0n) is 22.3. The first kappa shape index (κ1) is 26.0. The van der Waals surface area contributed by atoms with Crippen LogP contribution in [0.25, 0.3) is 22.7 Å².